The number of sulfonamides is 1. The van der Waals surface area contributed by atoms with Crippen molar-refractivity contribution in [2.75, 3.05) is 26.3 Å². The van der Waals surface area contributed by atoms with Gasteiger partial charge in [0.15, 0.2) is 0 Å². The normalized spacial score (nSPS) is 16.5. The number of hydrogen-bond acceptors (Lipinski definition) is 4. The predicted octanol–water partition coefficient (Wildman–Crippen LogP) is 2.73. The van der Waals surface area contributed by atoms with Gasteiger partial charge in [-0.3, -0.25) is 4.79 Å². The highest BCUT2D eigenvalue weighted by Gasteiger charge is 2.24. The molecular weight excluding hydrogens is 376 g/mol. The summed E-state index contributed by atoms with van der Waals surface area (Å²) in [5.74, 6) is -0.241. The summed E-state index contributed by atoms with van der Waals surface area (Å²) in [5, 5.41) is 3.04. The average molecular weight is 403 g/mol. The van der Waals surface area contributed by atoms with Gasteiger partial charge in [-0.1, -0.05) is 49.4 Å². The molecule has 0 aliphatic carbocycles. The SMILES string of the molecule is CCC(NC(=O)c1ccc(CS(=O)(=O)N2CCOCC2)cc1)c1ccccc1. The van der Waals surface area contributed by atoms with Crippen molar-refractivity contribution < 1.29 is 17.9 Å². The molecule has 0 radical (unpaired) electrons. The van der Waals surface area contributed by atoms with Crippen molar-refractivity contribution in [3.05, 3.63) is 71.3 Å². The number of amides is 1. The maximum absolute atomic E-state index is 12.6. The standard InChI is InChI=1S/C21H26N2O4S/c1-2-20(18-6-4-3-5-7-18)22-21(24)19-10-8-17(9-11-19)16-28(25,26)23-12-14-27-15-13-23/h3-11,20H,2,12-16H2,1H3,(H,22,24). The molecule has 6 nitrogen and oxygen atoms in total. The minimum atomic E-state index is -3.38. The number of morpholine rings is 1. The van der Waals surface area contributed by atoms with Crippen LogP contribution >= 0.6 is 0 Å². The molecule has 2 aromatic rings. The molecule has 1 atom stereocenters. The number of carbonyl (C=O) groups is 1. The third kappa shape index (κ3) is 5.19. The lowest BCUT2D eigenvalue weighted by Crippen LogP contribution is -2.41. The van der Waals surface area contributed by atoms with Crippen LogP contribution in [0.1, 0.15) is 40.9 Å². The van der Waals surface area contributed by atoms with E-state index in [-0.39, 0.29) is 17.7 Å². The Kier molecular flexibility index (Phi) is 6.83. The van der Waals surface area contributed by atoms with Crippen molar-refractivity contribution in [2.45, 2.75) is 25.1 Å². The van der Waals surface area contributed by atoms with Gasteiger partial charge in [0, 0.05) is 18.7 Å². The number of benzene rings is 2. The Labute approximate surface area is 166 Å². The Morgan fingerprint density at radius 2 is 1.71 bits per heavy atom. The zero-order valence-corrected chi connectivity index (χ0v) is 16.8. The van der Waals surface area contributed by atoms with Crippen molar-refractivity contribution in [3.8, 4) is 0 Å². The maximum Gasteiger partial charge on any atom is 0.251 e. The fraction of sp³-hybridized carbons (Fsp3) is 0.381. The molecule has 1 saturated heterocycles. The van der Waals surface area contributed by atoms with Crippen molar-refractivity contribution in [1.29, 1.82) is 0 Å². The van der Waals surface area contributed by atoms with Crippen LogP contribution in [0, 0.1) is 0 Å². The van der Waals surface area contributed by atoms with E-state index in [0.717, 1.165) is 12.0 Å². The van der Waals surface area contributed by atoms with Crippen LogP contribution in [0.2, 0.25) is 0 Å². The summed E-state index contributed by atoms with van der Waals surface area (Å²) in [6.45, 7) is 3.66. The van der Waals surface area contributed by atoms with Crippen molar-refractivity contribution in [3.63, 3.8) is 0 Å². The van der Waals surface area contributed by atoms with Gasteiger partial charge in [-0.25, -0.2) is 8.42 Å². The van der Waals surface area contributed by atoms with Gasteiger partial charge in [-0.15, -0.1) is 0 Å². The van der Waals surface area contributed by atoms with Crippen molar-refractivity contribution in [2.24, 2.45) is 0 Å². The Balaban J connectivity index is 1.64. The van der Waals surface area contributed by atoms with Crippen molar-refractivity contribution >= 4 is 15.9 Å². The second kappa shape index (κ2) is 9.32. The lowest BCUT2D eigenvalue weighted by molar-refractivity contribution is 0.0729. The van der Waals surface area contributed by atoms with Crippen molar-refractivity contribution in [1.82, 2.24) is 9.62 Å². The summed E-state index contributed by atoms with van der Waals surface area (Å²) in [6.07, 6.45) is 0.783. The molecule has 1 N–H and O–H groups in total. The van der Waals surface area contributed by atoms with E-state index in [1.807, 2.05) is 37.3 Å². The number of carbonyl (C=O) groups excluding carboxylic acids is 1. The zero-order valence-electron chi connectivity index (χ0n) is 16.0. The van der Waals surface area contributed by atoms with Crippen LogP contribution in [-0.2, 0) is 20.5 Å². The Bertz CT molecular complexity index is 876. The number of hydrogen-bond donors (Lipinski definition) is 1. The molecule has 0 spiro atoms. The van der Waals surface area contributed by atoms with Gasteiger partial charge in [-0.05, 0) is 29.7 Å². The molecule has 0 saturated carbocycles. The number of nitrogens with zero attached hydrogens (tertiary/aromatic N) is 1. The lowest BCUT2D eigenvalue weighted by atomic mass is 10.0. The molecule has 1 fully saturated rings. The van der Waals surface area contributed by atoms with Gasteiger partial charge in [0.25, 0.3) is 5.91 Å². The van der Waals surface area contributed by atoms with Gasteiger partial charge in [0.2, 0.25) is 10.0 Å². The number of nitrogens with one attached hydrogen (secondary N) is 1. The average Bonchev–Trinajstić information content (AvgIpc) is 2.73. The lowest BCUT2D eigenvalue weighted by Gasteiger charge is -2.26. The predicted molar refractivity (Wildman–Crippen MR) is 108 cm³/mol. The van der Waals surface area contributed by atoms with E-state index in [9.17, 15) is 13.2 Å². The van der Waals surface area contributed by atoms with E-state index in [1.54, 1.807) is 24.3 Å². The minimum absolute atomic E-state index is 0.0601. The highest BCUT2D eigenvalue weighted by atomic mass is 32.2. The highest BCUT2D eigenvalue weighted by molar-refractivity contribution is 7.88. The largest absolute Gasteiger partial charge is 0.379 e. The Hall–Kier alpha value is -2.22. The molecule has 7 heteroatoms. The molecular formula is C21H26N2O4S. The number of ether oxygens (including phenoxy) is 1. The van der Waals surface area contributed by atoms with Crippen LogP contribution in [0.5, 0.6) is 0 Å². The fourth-order valence-electron chi connectivity index (χ4n) is 3.23. The van der Waals surface area contributed by atoms with E-state index in [4.69, 9.17) is 4.74 Å². The van der Waals surface area contributed by atoms with Gasteiger partial charge >= 0.3 is 0 Å². The molecule has 1 unspecified atom stereocenters. The smallest absolute Gasteiger partial charge is 0.251 e. The first-order chi connectivity index (χ1) is 13.5. The van der Waals surface area contributed by atoms with Crippen LogP contribution in [0.25, 0.3) is 0 Å². The first-order valence-electron chi connectivity index (χ1n) is 9.50. The molecule has 150 valence electrons. The summed E-state index contributed by atoms with van der Waals surface area (Å²) in [5.41, 5.74) is 2.24. The summed E-state index contributed by atoms with van der Waals surface area (Å²) in [7, 11) is -3.38. The molecule has 0 bridgehead atoms. The topological polar surface area (TPSA) is 75.7 Å². The molecule has 3 rings (SSSR count). The Morgan fingerprint density at radius 1 is 1.07 bits per heavy atom. The minimum Gasteiger partial charge on any atom is -0.379 e. The van der Waals surface area contributed by atoms with Crippen LogP contribution in [0.3, 0.4) is 0 Å². The number of rotatable bonds is 7. The van der Waals surface area contributed by atoms with E-state index < -0.39 is 10.0 Å². The molecule has 1 heterocycles. The molecule has 0 aromatic heterocycles. The van der Waals surface area contributed by atoms with Crippen LogP contribution in [0.4, 0.5) is 0 Å². The quantitative estimate of drug-likeness (QED) is 0.773. The van der Waals surface area contributed by atoms with E-state index in [2.05, 4.69) is 5.32 Å². The molecule has 1 aliphatic heterocycles. The van der Waals surface area contributed by atoms with Crippen LogP contribution < -0.4 is 5.32 Å². The summed E-state index contributed by atoms with van der Waals surface area (Å²) in [6, 6.07) is 16.5. The zero-order chi connectivity index (χ0) is 20.0. The van der Waals surface area contributed by atoms with Crippen LogP contribution in [0.15, 0.2) is 54.6 Å². The second-order valence-corrected chi connectivity index (χ2v) is 8.78. The molecule has 28 heavy (non-hydrogen) atoms. The Morgan fingerprint density at radius 3 is 2.32 bits per heavy atom. The maximum atomic E-state index is 12.6. The van der Waals surface area contributed by atoms with E-state index >= 15 is 0 Å². The van der Waals surface area contributed by atoms with E-state index in [0.29, 0.717) is 37.4 Å². The summed E-state index contributed by atoms with van der Waals surface area (Å²) in [4.78, 5) is 12.6. The van der Waals surface area contributed by atoms with Gasteiger partial charge in [-0.2, -0.15) is 4.31 Å². The summed E-state index contributed by atoms with van der Waals surface area (Å²) >= 11 is 0. The molecule has 1 amide bonds. The second-order valence-electron chi connectivity index (χ2n) is 6.81. The van der Waals surface area contributed by atoms with Gasteiger partial charge < -0.3 is 10.1 Å². The van der Waals surface area contributed by atoms with Crippen LogP contribution in [-0.4, -0.2) is 44.9 Å². The fourth-order valence-corrected chi connectivity index (χ4v) is 4.73. The third-order valence-corrected chi connectivity index (χ3v) is 6.69. The summed E-state index contributed by atoms with van der Waals surface area (Å²) < 4.78 is 31.7. The monoisotopic (exact) mass is 402 g/mol. The molecule has 1 aliphatic rings. The molecule has 2 aromatic carbocycles. The first kappa shape index (κ1) is 20.5. The third-order valence-electron chi connectivity index (χ3n) is 4.84. The first-order valence-corrected chi connectivity index (χ1v) is 11.1. The van der Waals surface area contributed by atoms with E-state index in [1.165, 1.54) is 4.31 Å². The highest BCUT2D eigenvalue weighted by Crippen LogP contribution is 2.18. The van der Waals surface area contributed by atoms with Gasteiger partial charge in [0.05, 0.1) is 25.0 Å². The van der Waals surface area contributed by atoms with Gasteiger partial charge in [0.1, 0.15) is 0 Å².